The number of hydrogen-bond acceptors (Lipinski definition) is 5. The molecule has 1 aromatic rings. The molecule has 1 aliphatic heterocycles. The van der Waals surface area contributed by atoms with Crippen LogP contribution in [0.3, 0.4) is 0 Å². The number of aliphatic hydroxyl groups is 1. The average molecular weight is 450 g/mol. The van der Waals surface area contributed by atoms with E-state index in [0.717, 1.165) is 36.9 Å². The second-order valence-corrected chi connectivity index (χ2v) is 9.60. The maximum atomic E-state index is 8.92. The minimum absolute atomic E-state index is 0.203. The van der Waals surface area contributed by atoms with Gasteiger partial charge in [0.2, 0.25) is 0 Å². The lowest BCUT2D eigenvalue weighted by molar-refractivity contribution is -0.110. The summed E-state index contributed by atoms with van der Waals surface area (Å²) in [6.45, 7) is 13.4. The van der Waals surface area contributed by atoms with Gasteiger partial charge in [-0.1, -0.05) is 59.4 Å². The molecule has 1 aromatic carbocycles. The third kappa shape index (κ3) is 8.40. The van der Waals surface area contributed by atoms with Crippen LogP contribution >= 0.6 is 0 Å². The summed E-state index contributed by atoms with van der Waals surface area (Å²) in [7, 11) is 3.97. The molecule has 32 heavy (non-hydrogen) atoms. The first kappa shape index (κ1) is 28.4. The normalized spacial score (nSPS) is 22.6. The maximum Gasteiger partial charge on any atom is 0.161 e. The first-order chi connectivity index (χ1) is 15.3. The van der Waals surface area contributed by atoms with Crippen LogP contribution in [0.2, 0.25) is 0 Å². The molecule has 5 nitrogen and oxygen atoms in total. The van der Waals surface area contributed by atoms with Gasteiger partial charge in [-0.25, -0.2) is 0 Å². The van der Waals surface area contributed by atoms with E-state index in [9.17, 15) is 0 Å². The quantitative estimate of drug-likeness (QED) is 0.415. The highest BCUT2D eigenvalue weighted by Crippen LogP contribution is 2.46. The molecular weight excluding hydrogens is 402 g/mol. The number of ether oxygens (including phenoxy) is 2. The zero-order valence-corrected chi connectivity index (χ0v) is 21.5. The lowest BCUT2D eigenvalue weighted by atomic mass is 9.74. The summed E-state index contributed by atoms with van der Waals surface area (Å²) in [5, 5.41) is 7.51. The molecule has 1 heterocycles. The number of carbonyl (C=O) groups is 1. The van der Waals surface area contributed by atoms with Gasteiger partial charge in [-0.2, -0.15) is 0 Å². The summed E-state index contributed by atoms with van der Waals surface area (Å²) in [4.78, 5) is 11.4. The minimum Gasteiger partial charge on any atom is -0.493 e. The SMILES string of the molecule is CCCCC(CC)CC(C)Oc1cc(C2CN(C)CC2(C)CC)ccc1OC.O=CCO. The van der Waals surface area contributed by atoms with Gasteiger partial charge in [0.15, 0.2) is 11.5 Å². The van der Waals surface area contributed by atoms with Crippen LogP contribution in [0.1, 0.15) is 84.6 Å². The van der Waals surface area contributed by atoms with Gasteiger partial charge < -0.3 is 24.3 Å². The van der Waals surface area contributed by atoms with Crippen LogP contribution in [0.15, 0.2) is 18.2 Å². The molecule has 0 amide bonds. The molecule has 1 saturated heterocycles. The van der Waals surface area contributed by atoms with Gasteiger partial charge in [-0.15, -0.1) is 0 Å². The standard InChI is InChI=1S/C25H43NO2.C2H4O2/c1-8-11-12-20(9-2)15-19(4)28-24-16-21(13-14-23(24)27-7)22-17-26(6)18-25(22,5)10-3;3-1-2-4/h13-14,16,19-20,22H,8-12,15,17-18H2,1-7H3;1,4H,2H2. The number of likely N-dealkylation sites (N-methyl/N-ethyl adjacent to an activating group) is 1. The van der Waals surface area contributed by atoms with Crippen LogP contribution in [-0.4, -0.2) is 56.3 Å². The first-order valence-electron chi connectivity index (χ1n) is 12.4. The number of benzene rings is 1. The Morgan fingerprint density at radius 3 is 2.50 bits per heavy atom. The summed E-state index contributed by atoms with van der Waals surface area (Å²) >= 11 is 0. The number of aliphatic hydroxyl groups excluding tert-OH is 1. The van der Waals surface area contributed by atoms with Gasteiger partial charge in [0.1, 0.15) is 6.29 Å². The number of carbonyl (C=O) groups excluding carboxylic acids is 1. The van der Waals surface area contributed by atoms with Crippen molar-refractivity contribution < 1.29 is 19.4 Å². The molecule has 4 unspecified atom stereocenters. The lowest BCUT2D eigenvalue weighted by Gasteiger charge is -2.30. The molecule has 1 fully saturated rings. The molecule has 0 spiro atoms. The van der Waals surface area contributed by atoms with Crippen LogP contribution in [0, 0.1) is 11.3 Å². The molecule has 184 valence electrons. The minimum atomic E-state index is -0.361. The Hall–Kier alpha value is -1.59. The molecule has 2 rings (SSSR count). The van der Waals surface area contributed by atoms with Crippen LogP contribution in [0.4, 0.5) is 0 Å². The van der Waals surface area contributed by atoms with E-state index < -0.39 is 0 Å². The Labute approximate surface area is 196 Å². The number of nitrogens with zero attached hydrogens (tertiary/aromatic N) is 1. The molecule has 0 saturated carbocycles. The van der Waals surface area contributed by atoms with Crippen molar-refractivity contribution in [3.8, 4) is 11.5 Å². The molecule has 4 atom stereocenters. The van der Waals surface area contributed by atoms with Crippen molar-refractivity contribution in [3.05, 3.63) is 23.8 Å². The van der Waals surface area contributed by atoms with Gasteiger partial charge in [0.05, 0.1) is 19.8 Å². The number of unbranched alkanes of at least 4 members (excludes halogenated alkanes) is 1. The molecule has 0 aromatic heterocycles. The largest absolute Gasteiger partial charge is 0.493 e. The third-order valence-corrected chi connectivity index (χ3v) is 6.98. The molecule has 0 aliphatic carbocycles. The Morgan fingerprint density at radius 2 is 1.97 bits per heavy atom. The summed E-state index contributed by atoms with van der Waals surface area (Å²) < 4.78 is 12.1. The third-order valence-electron chi connectivity index (χ3n) is 6.98. The second-order valence-electron chi connectivity index (χ2n) is 9.60. The van der Waals surface area contributed by atoms with Crippen molar-refractivity contribution >= 4 is 6.29 Å². The fourth-order valence-corrected chi connectivity index (χ4v) is 4.91. The number of hydrogen-bond donors (Lipinski definition) is 1. The van der Waals surface area contributed by atoms with Gasteiger partial charge in [0, 0.05) is 19.0 Å². The van der Waals surface area contributed by atoms with Crippen LogP contribution in [0.25, 0.3) is 0 Å². The van der Waals surface area contributed by atoms with Gasteiger partial charge in [-0.3, -0.25) is 0 Å². The van der Waals surface area contributed by atoms with Crippen molar-refractivity contribution in [1.29, 1.82) is 0 Å². The molecule has 0 bridgehead atoms. The predicted molar refractivity (Wildman–Crippen MR) is 133 cm³/mol. The topological polar surface area (TPSA) is 59.0 Å². The molecule has 0 radical (unpaired) electrons. The average Bonchev–Trinajstić information content (AvgIpc) is 3.11. The van der Waals surface area contributed by atoms with Crippen molar-refractivity contribution in [3.63, 3.8) is 0 Å². The number of rotatable bonds is 12. The van der Waals surface area contributed by atoms with Crippen LogP contribution < -0.4 is 9.47 Å². The van der Waals surface area contributed by atoms with Crippen LogP contribution in [0.5, 0.6) is 11.5 Å². The summed E-state index contributed by atoms with van der Waals surface area (Å²) in [6.07, 6.45) is 8.06. The predicted octanol–water partition coefficient (Wildman–Crippen LogP) is 5.69. The summed E-state index contributed by atoms with van der Waals surface area (Å²) in [6, 6.07) is 6.59. The fraction of sp³-hybridized carbons (Fsp3) is 0.741. The van der Waals surface area contributed by atoms with Gasteiger partial charge >= 0.3 is 0 Å². The lowest BCUT2D eigenvalue weighted by Crippen LogP contribution is -2.24. The Bertz CT molecular complexity index is 665. The number of likely N-dealkylation sites (tertiary alicyclic amines) is 1. The van der Waals surface area contributed by atoms with Crippen molar-refractivity contribution in [2.75, 3.05) is 33.9 Å². The van der Waals surface area contributed by atoms with Crippen LogP contribution in [-0.2, 0) is 4.79 Å². The van der Waals surface area contributed by atoms with Gasteiger partial charge in [-0.05, 0) is 55.8 Å². The number of aldehydes is 1. The number of methoxy groups -OCH3 is 1. The fourth-order valence-electron chi connectivity index (χ4n) is 4.91. The summed E-state index contributed by atoms with van der Waals surface area (Å²) in [5.74, 6) is 3.04. The van der Waals surface area contributed by atoms with E-state index >= 15 is 0 Å². The molecule has 1 aliphatic rings. The zero-order chi connectivity index (χ0) is 24.1. The monoisotopic (exact) mass is 449 g/mol. The highest BCUT2D eigenvalue weighted by atomic mass is 16.5. The van der Waals surface area contributed by atoms with E-state index in [1.54, 1.807) is 7.11 Å². The van der Waals surface area contributed by atoms with Gasteiger partial charge in [0.25, 0.3) is 0 Å². The van der Waals surface area contributed by atoms with Crippen molar-refractivity contribution in [2.24, 2.45) is 11.3 Å². The van der Waals surface area contributed by atoms with E-state index in [4.69, 9.17) is 19.4 Å². The smallest absolute Gasteiger partial charge is 0.161 e. The van der Waals surface area contributed by atoms with E-state index in [1.807, 2.05) is 0 Å². The molecular formula is C27H47NO4. The Balaban J connectivity index is 0.00000118. The molecule has 1 N–H and O–H groups in total. The van der Waals surface area contributed by atoms with E-state index in [0.29, 0.717) is 17.6 Å². The zero-order valence-electron chi connectivity index (χ0n) is 21.5. The molecule has 5 heteroatoms. The summed E-state index contributed by atoms with van der Waals surface area (Å²) in [5.41, 5.74) is 1.70. The second kappa shape index (κ2) is 14.5. The highest BCUT2D eigenvalue weighted by molar-refractivity contribution is 5.49. The maximum absolute atomic E-state index is 8.92. The Morgan fingerprint density at radius 1 is 1.28 bits per heavy atom. The van der Waals surface area contributed by atoms with E-state index in [2.05, 4.69) is 64.8 Å². The Kier molecular flexibility index (Phi) is 12.9. The first-order valence-corrected chi connectivity index (χ1v) is 12.4. The van der Waals surface area contributed by atoms with Crippen molar-refractivity contribution in [2.45, 2.75) is 85.2 Å². The highest BCUT2D eigenvalue weighted by Gasteiger charge is 2.41. The van der Waals surface area contributed by atoms with E-state index in [-0.39, 0.29) is 12.7 Å². The van der Waals surface area contributed by atoms with E-state index in [1.165, 1.54) is 37.7 Å². The van der Waals surface area contributed by atoms with Crippen molar-refractivity contribution in [1.82, 2.24) is 4.90 Å².